The second kappa shape index (κ2) is 16.1. The minimum Gasteiger partial charge on any atom is -0.382 e. The molecule has 0 bridgehead atoms. The molecule has 0 spiro atoms. The fraction of sp³-hybridized carbons (Fsp3) is 1.00. The highest BCUT2D eigenvalue weighted by atomic mass is 32.1. The van der Waals surface area contributed by atoms with Gasteiger partial charge in [-0.25, -0.2) is 0 Å². The van der Waals surface area contributed by atoms with Crippen LogP contribution >= 0.6 is 12.6 Å². The first-order valence-electron chi connectivity index (χ1n) is 2.59. The molecule has 0 aromatic carbocycles. The van der Waals surface area contributed by atoms with Crippen LogP contribution in [0.15, 0.2) is 0 Å². The van der Waals surface area contributed by atoms with Crippen LogP contribution in [-0.4, -0.2) is 32.7 Å². The van der Waals surface area contributed by atoms with E-state index >= 15 is 0 Å². The average Bonchev–Trinajstić information content (AvgIpc) is 1.81. The number of thiol groups is 1. The monoisotopic (exact) mass is 168 g/mol. The lowest BCUT2D eigenvalue weighted by Gasteiger charge is -1.98. The van der Waals surface area contributed by atoms with E-state index in [0.717, 1.165) is 5.75 Å². The summed E-state index contributed by atoms with van der Waals surface area (Å²) in [6.45, 7) is 2.07. The summed E-state index contributed by atoms with van der Waals surface area (Å²) < 4.78 is 9.76. The van der Waals surface area contributed by atoms with Gasteiger partial charge in [0.15, 0.2) is 0 Å². The highest BCUT2D eigenvalue weighted by Gasteiger charge is 1.82. The van der Waals surface area contributed by atoms with Gasteiger partial charge in [0.25, 0.3) is 0 Å². The molecule has 0 N–H and O–H groups in total. The maximum atomic E-state index is 5.02. The van der Waals surface area contributed by atoms with Gasteiger partial charge >= 0.3 is 0 Å². The molecular weight excluding hydrogens is 148 g/mol. The molecule has 0 aliphatic rings. The Labute approximate surface area is 70.3 Å². The van der Waals surface area contributed by atoms with Gasteiger partial charge in [-0.1, -0.05) is 14.9 Å². The van der Waals surface area contributed by atoms with Crippen LogP contribution in [0.1, 0.15) is 14.9 Å². The van der Waals surface area contributed by atoms with Crippen LogP contribution in [0.3, 0.4) is 0 Å². The predicted octanol–water partition coefficient (Wildman–Crippen LogP) is 1.85. The molecule has 0 unspecified atom stereocenters. The van der Waals surface area contributed by atoms with Gasteiger partial charge in [0.05, 0.1) is 19.8 Å². The van der Waals surface area contributed by atoms with E-state index in [-0.39, 0.29) is 14.9 Å². The highest BCUT2D eigenvalue weighted by Crippen LogP contribution is 1.77. The molecular formula is C7H20O2S. The van der Waals surface area contributed by atoms with Crippen molar-refractivity contribution in [3.63, 3.8) is 0 Å². The Kier molecular flexibility index (Phi) is 26.9. The normalized spacial score (nSPS) is 7.80. The fourth-order valence-electron chi connectivity index (χ4n) is 0.309. The molecule has 0 saturated heterocycles. The van der Waals surface area contributed by atoms with E-state index in [9.17, 15) is 0 Å². The first kappa shape index (κ1) is 16.7. The zero-order valence-corrected chi connectivity index (χ0v) is 5.99. The van der Waals surface area contributed by atoms with Gasteiger partial charge in [0.1, 0.15) is 0 Å². The number of ether oxygens (including phenoxy) is 2. The molecule has 0 atom stereocenters. The summed E-state index contributed by atoms with van der Waals surface area (Å²) in [7, 11) is 1.66. The van der Waals surface area contributed by atoms with Gasteiger partial charge in [0, 0.05) is 12.9 Å². The maximum Gasteiger partial charge on any atom is 0.0700 e. The van der Waals surface area contributed by atoms with Crippen molar-refractivity contribution in [3.05, 3.63) is 0 Å². The Morgan fingerprint density at radius 1 is 1.10 bits per heavy atom. The number of hydrogen-bond acceptors (Lipinski definition) is 3. The van der Waals surface area contributed by atoms with Crippen molar-refractivity contribution in [3.8, 4) is 0 Å². The largest absolute Gasteiger partial charge is 0.382 e. The van der Waals surface area contributed by atoms with Crippen LogP contribution in [0.4, 0.5) is 0 Å². The van der Waals surface area contributed by atoms with Crippen molar-refractivity contribution in [1.82, 2.24) is 0 Å². The van der Waals surface area contributed by atoms with Crippen molar-refractivity contribution in [2.45, 2.75) is 14.9 Å². The minimum atomic E-state index is 0. The molecule has 0 heterocycles. The average molecular weight is 168 g/mol. The zero-order chi connectivity index (χ0) is 6.24. The van der Waals surface area contributed by atoms with Crippen LogP contribution in [0.5, 0.6) is 0 Å². The zero-order valence-electron chi connectivity index (χ0n) is 5.09. The Hall–Kier alpha value is 0.270. The van der Waals surface area contributed by atoms with Crippen LogP contribution < -0.4 is 0 Å². The van der Waals surface area contributed by atoms with Crippen LogP contribution in [-0.2, 0) is 9.47 Å². The topological polar surface area (TPSA) is 18.5 Å². The molecule has 0 fully saturated rings. The second-order valence-corrected chi connectivity index (χ2v) is 1.78. The summed E-state index contributed by atoms with van der Waals surface area (Å²) in [6.07, 6.45) is 0. The molecule has 3 heteroatoms. The van der Waals surface area contributed by atoms with Crippen molar-refractivity contribution in [2.75, 3.05) is 32.7 Å². The van der Waals surface area contributed by atoms with Gasteiger partial charge in [-0.15, -0.1) is 0 Å². The lowest BCUT2D eigenvalue weighted by molar-refractivity contribution is 0.0791. The third-order valence-corrected chi connectivity index (χ3v) is 0.850. The predicted molar refractivity (Wildman–Crippen MR) is 50.0 cm³/mol. The number of hydrogen-bond donors (Lipinski definition) is 1. The SMILES string of the molecule is C.C.COCCOCCS. The van der Waals surface area contributed by atoms with E-state index in [0.29, 0.717) is 19.8 Å². The molecule has 0 amide bonds. The first-order valence-corrected chi connectivity index (χ1v) is 3.22. The van der Waals surface area contributed by atoms with Gasteiger partial charge < -0.3 is 9.47 Å². The van der Waals surface area contributed by atoms with E-state index in [2.05, 4.69) is 12.6 Å². The van der Waals surface area contributed by atoms with E-state index in [1.165, 1.54) is 0 Å². The molecule has 2 nitrogen and oxygen atoms in total. The molecule has 0 aliphatic heterocycles. The van der Waals surface area contributed by atoms with Gasteiger partial charge in [0.2, 0.25) is 0 Å². The Morgan fingerprint density at radius 2 is 1.70 bits per heavy atom. The number of rotatable bonds is 5. The van der Waals surface area contributed by atoms with Crippen molar-refractivity contribution in [2.24, 2.45) is 0 Å². The summed E-state index contributed by atoms with van der Waals surface area (Å²) in [5.41, 5.74) is 0. The number of methoxy groups -OCH3 is 1. The Balaban J connectivity index is -0.000000245. The fourth-order valence-corrected chi connectivity index (χ4v) is 0.438. The van der Waals surface area contributed by atoms with Crippen molar-refractivity contribution in [1.29, 1.82) is 0 Å². The molecule has 0 aromatic heterocycles. The summed E-state index contributed by atoms with van der Waals surface area (Å²) in [4.78, 5) is 0. The van der Waals surface area contributed by atoms with Crippen molar-refractivity contribution >= 4 is 12.6 Å². The first-order chi connectivity index (χ1) is 3.91. The molecule has 0 aromatic rings. The lowest BCUT2D eigenvalue weighted by Crippen LogP contribution is -2.03. The maximum absolute atomic E-state index is 5.02. The summed E-state index contributed by atoms with van der Waals surface area (Å²) in [5, 5.41) is 0. The van der Waals surface area contributed by atoms with Gasteiger partial charge in [-0.05, 0) is 0 Å². The summed E-state index contributed by atoms with van der Waals surface area (Å²) in [6, 6.07) is 0. The van der Waals surface area contributed by atoms with E-state index in [4.69, 9.17) is 9.47 Å². The third-order valence-electron chi connectivity index (χ3n) is 0.667. The van der Waals surface area contributed by atoms with Gasteiger partial charge in [-0.2, -0.15) is 12.6 Å². The molecule has 10 heavy (non-hydrogen) atoms. The standard InChI is InChI=1S/C5H12O2S.2CH4/c1-6-2-3-7-4-5-8;;/h8H,2-5H2,1H3;2*1H4. The molecule has 0 aliphatic carbocycles. The van der Waals surface area contributed by atoms with E-state index in [1.54, 1.807) is 7.11 Å². The highest BCUT2D eigenvalue weighted by molar-refractivity contribution is 7.80. The van der Waals surface area contributed by atoms with E-state index in [1.807, 2.05) is 0 Å². The van der Waals surface area contributed by atoms with E-state index < -0.39 is 0 Å². The van der Waals surface area contributed by atoms with Crippen LogP contribution in [0.25, 0.3) is 0 Å². The molecule has 0 radical (unpaired) electrons. The summed E-state index contributed by atoms with van der Waals surface area (Å²) >= 11 is 3.96. The van der Waals surface area contributed by atoms with Crippen LogP contribution in [0.2, 0.25) is 0 Å². The minimum absolute atomic E-state index is 0. The summed E-state index contributed by atoms with van der Waals surface area (Å²) in [5.74, 6) is 0.781. The second-order valence-electron chi connectivity index (χ2n) is 1.33. The van der Waals surface area contributed by atoms with Crippen molar-refractivity contribution < 1.29 is 9.47 Å². The third kappa shape index (κ3) is 15.7. The molecule has 0 saturated carbocycles. The Morgan fingerprint density at radius 3 is 2.10 bits per heavy atom. The molecule has 0 rings (SSSR count). The Bertz CT molecular complexity index is 36.6. The van der Waals surface area contributed by atoms with Gasteiger partial charge in [-0.3, -0.25) is 0 Å². The van der Waals surface area contributed by atoms with Crippen LogP contribution in [0, 0.1) is 0 Å². The smallest absolute Gasteiger partial charge is 0.0700 e. The quantitative estimate of drug-likeness (QED) is 0.499. The lowest BCUT2D eigenvalue weighted by atomic mass is 10.7. The molecule has 66 valence electrons.